The van der Waals surface area contributed by atoms with E-state index in [1.807, 2.05) is 20.8 Å². The second kappa shape index (κ2) is 7.09. The van der Waals surface area contributed by atoms with E-state index in [-0.39, 0.29) is 6.04 Å². The number of hydrogen-bond donors (Lipinski definition) is 3. The molecule has 0 aliphatic carbocycles. The Kier molecular flexibility index (Phi) is 6.53. The highest BCUT2D eigenvalue weighted by atomic mass is 16.4. The van der Waals surface area contributed by atoms with E-state index in [1.165, 1.54) is 0 Å². The van der Waals surface area contributed by atoms with Gasteiger partial charge in [0.2, 0.25) is 0 Å². The first-order chi connectivity index (χ1) is 7.42. The maximum atomic E-state index is 11.5. The van der Waals surface area contributed by atoms with Crippen LogP contribution in [0.5, 0.6) is 0 Å². The zero-order valence-corrected chi connectivity index (χ0v) is 10.4. The lowest BCUT2D eigenvalue weighted by Gasteiger charge is -2.21. The first-order valence-corrected chi connectivity index (χ1v) is 5.72. The molecule has 2 amide bonds. The van der Waals surface area contributed by atoms with E-state index in [0.717, 1.165) is 6.42 Å². The summed E-state index contributed by atoms with van der Waals surface area (Å²) in [5.74, 6) is -0.635. The van der Waals surface area contributed by atoms with Crippen molar-refractivity contribution < 1.29 is 14.7 Å². The minimum absolute atomic E-state index is 0.0382. The molecule has 0 fully saturated rings. The van der Waals surface area contributed by atoms with Gasteiger partial charge in [-0.1, -0.05) is 27.2 Å². The third-order valence-corrected chi connectivity index (χ3v) is 2.87. The second-order valence-corrected chi connectivity index (χ2v) is 4.09. The van der Waals surface area contributed by atoms with E-state index in [0.29, 0.717) is 12.3 Å². The first kappa shape index (κ1) is 14.7. The third kappa shape index (κ3) is 5.00. The van der Waals surface area contributed by atoms with Crippen molar-refractivity contribution in [2.45, 2.75) is 52.6 Å². The van der Waals surface area contributed by atoms with Crippen LogP contribution in [0.4, 0.5) is 4.79 Å². The molecule has 3 unspecified atom stereocenters. The van der Waals surface area contributed by atoms with Crippen LogP contribution in [0.15, 0.2) is 0 Å². The van der Waals surface area contributed by atoms with Crippen LogP contribution in [-0.2, 0) is 4.79 Å². The van der Waals surface area contributed by atoms with Crippen molar-refractivity contribution in [3.63, 3.8) is 0 Å². The van der Waals surface area contributed by atoms with Crippen molar-refractivity contribution in [2.24, 2.45) is 5.92 Å². The molecule has 0 aromatic carbocycles. The third-order valence-electron chi connectivity index (χ3n) is 2.87. The molecule has 5 heteroatoms. The molecule has 0 radical (unpaired) electrons. The number of carbonyl (C=O) groups excluding carboxylic acids is 1. The van der Waals surface area contributed by atoms with E-state index in [2.05, 4.69) is 10.6 Å². The first-order valence-electron chi connectivity index (χ1n) is 5.72. The molecular formula is C11H22N2O3. The Labute approximate surface area is 96.6 Å². The van der Waals surface area contributed by atoms with Crippen molar-refractivity contribution in [2.75, 3.05) is 0 Å². The summed E-state index contributed by atoms with van der Waals surface area (Å²) in [6.45, 7) is 7.72. The Morgan fingerprint density at radius 1 is 1.12 bits per heavy atom. The van der Waals surface area contributed by atoms with E-state index >= 15 is 0 Å². The molecule has 3 atom stereocenters. The smallest absolute Gasteiger partial charge is 0.326 e. The van der Waals surface area contributed by atoms with Gasteiger partial charge in [0.25, 0.3) is 0 Å². The standard InChI is InChI=1S/C11H22N2O3/c1-5-7(3)8(4)12-11(16)13-9(6-2)10(14)15/h7-9H,5-6H2,1-4H3,(H,14,15)(H2,12,13,16). The predicted molar refractivity (Wildman–Crippen MR) is 62.3 cm³/mol. The molecule has 0 spiro atoms. The van der Waals surface area contributed by atoms with Gasteiger partial charge < -0.3 is 15.7 Å². The summed E-state index contributed by atoms with van der Waals surface area (Å²) in [5, 5.41) is 13.9. The summed E-state index contributed by atoms with van der Waals surface area (Å²) in [7, 11) is 0. The zero-order chi connectivity index (χ0) is 12.7. The molecule has 0 saturated carbocycles. The molecule has 3 N–H and O–H groups in total. The number of hydrogen-bond acceptors (Lipinski definition) is 2. The number of rotatable bonds is 6. The fraction of sp³-hybridized carbons (Fsp3) is 0.818. The molecule has 0 rings (SSSR count). The average Bonchev–Trinajstić information content (AvgIpc) is 2.23. The normalized spacial score (nSPS) is 16.0. The van der Waals surface area contributed by atoms with Crippen LogP contribution >= 0.6 is 0 Å². The molecule has 0 heterocycles. The molecule has 5 nitrogen and oxygen atoms in total. The maximum Gasteiger partial charge on any atom is 0.326 e. The highest BCUT2D eigenvalue weighted by molar-refractivity contribution is 5.82. The predicted octanol–water partition coefficient (Wildman–Crippen LogP) is 1.58. The quantitative estimate of drug-likeness (QED) is 0.648. The molecule has 0 aromatic rings. The number of amides is 2. The summed E-state index contributed by atoms with van der Waals surface area (Å²) in [6, 6.07) is -1.19. The van der Waals surface area contributed by atoms with Crippen molar-refractivity contribution in [3.05, 3.63) is 0 Å². The number of carboxylic acid groups (broad SMARTS) is 1. The SMILES string of the molecule is CCC(NC(=O)NC(C)C(C)CC)C(=O)O. The molecule has 94 valence electrons. The Morgan fingerprint density at radius 2 is 1.69 bits per heavy atom. The largest absolute Gasteiger partial charge is 0.480 e. The van der Waals surface area contributed by atoms with Crippen LogP contribution in [0.1, 0.15) is 40.5 Å². The van der Waals surface area contributed by atoms with Gasteiger partial charge in [0.05, 0.1) is 0 Å². The van der Waals surface area contributed by atoms with Crippen molar-refractivity contribution in [3.8, 4) is 0 Å². The van der Waals surface area contributed by atoms with Gasteiger partial charge >= 0.3 is 12.0 Å². The number of nitrogens with one attached hydrogen (secondary N) is 2. The fourth-order valence-electron chi connectivity index (χ4n) is 1.24. The Hall–Kier alpha value is -1.26. The van der Waals surface area contributed by atoms with Crippen LogP contribution in [0, 0.1) is 5.92 Å². The van der Waals surface area contributed by atoms with Gasteiger partial charge in [-0.05, 0) is 19.3 Å². The highest BCUT2D eigenvalue weighted by Crippen LogP contribution is 2.06. The second-order valence-electron chi connectivity index (χ2n) is 4.09. The number of aliphatic carboxylic acids is 1. The minimum Gasteiger partial charge on any atom is -0.480 e. The lowest BCUT2D eigenvalue weighted by molar-refractivity contribution is -0.139. The van der Waals surface area contributed by atoms with Crippen LogP contribution < -0.4 is 10.6 Å². The van der Waals surface area contributed by atoms with E-state index in [4.69, 9.17) is 5.11 Å². The summed E-state index contributed by atoms with van der Waals surface area (Å²) in [4.78, 5) is 22.2. The lowest BCUT2D eigenvalue weighted by atomic mass is 10.0. The number of carboxylic acids is 1. The molecule has 0 aromatic heterocycles. The lowest BCUT2D eigenvalue weighted by Crippen LogP contribution is -2.49. The molecule has 16 heavy (non-hydrogen) atoms. The van der Waals surface area contributed by atoms with E-state index < -0.39 is 18.0 Å². The summed E-state index contributed by atoms with van der Waals surface area (Å²) >= 11 is 0. The van der Waals surface area contributed by atoms with Crippen molar-refractivity contribution in [1.82, 2.24) is 10.6 Å². The van der Waals surface area contributed by atoms with E-state index in [1.54, 1.807) is 6.92 Å². The fourth-order valence-corrected chi connectivity index (χ4v) is 1.24. The van der Waals surface area contributed by atoms with Crippen LogP contribution in [-0.4, -0.2) is 29.2 Å². The van der Waals surface area contributed by atoms with Gasteiger partial charge in [-0.3, -0.25) is 0 Å². The highest BCUT2D eigenvalue weighted by Gasteiger charge is 2.19. The van der Waals surface area contributed by atoms with Gasteiger partial charge in [0.1, 0.15) is 6.04 Å². The van der Waals surface area contributed by atoms with Gasteiger partial charge in [-0.15, -0.1) is 0 Å². The number of urea groups is 1. The van der Waals surface area contributed by atoms with Crippen molar-refractivity contribution in [1.29, 1.82) is 0 Å². The molecular weight excluding hydrogens is 208 g/mol. The van der Waals surface area contributed by atoms with Crippen LogP contribution in [0.3, 0.4) is 0 Å². The molecule has 0 aliphatic heterocycles. The number of carbonyl (C=O) groups is 2. The molecule has 0 saturated heterocycles. The van der Waals surface area contributed by atoms with Gasteiger partial charge in [-0.2, -0.15) is 0 Å². The topological polar surface area (TPSA) is 78.4 Å². The average molecular weight is 230 g/mol. The Bertz CT molecular complexity index is 243. The molecule has 0 bridgehead atoms. The van der Waals surface area contributed by atoms with Crippen LogP contribution in [0.2, 0.25) is 0 Å². The summed E-state index contributed by atoms with van der Waals surface area (Å²) in [5.41, 5.74) is 0. The van der Waals surface area contributed by atoms with Crippen LogP contribution in [0.25, 0.3) is 0 Å². The van der Waals surface area contributed by atoms with Crippen molar-refractivity contribution >= 4 is 12.0 Å². The maximum absolute atomic E-state index is 11.5. The van der Waals surface area contributed by atoms with E-state index in [9.17, 15) is 9.59 Å². The molecule has 0 aliphatic rings. The van der Waals surface area contributed by atoms with Gasteiger partial charge in [0.15, 0.2) is 0 Å². The van der Waals surface area contributed by atoms with Gasteiger partial charge in [0, 0.05) is 6.04 Å². The Balaban J connectivity index is 4.12. The zero-order valence-electron chi connectivity index (χ0n) is 10.4. The summed E-state index contributed by atoms with van der Waals surface area (Å²) in [6.07, 6.45) is 1.35. The monoisotopic (exact) mass is 230 g/mol. The van der Waals surface area contributed by atoms with Gasteiger partial charge in [-0.25, -0.2) is 9.59 Å². The minimum atomic E-state index is -1.01. The summed E-state index contributed by atoms with van der Waals surface area (Å²) < 4.78 is 0. The Morgan fingerprint density at radius 3 is 2.06 bits per heavy atom.